The van der Waals surface area contributed by atoms with Crippen LogP contribution in [0.2, 0.25) is 0 Å². The van der Waals surface area contributed by atoms with Crippen LogP contribution in [-0.4, -0.2) is 21.4 Å². The standard InChI is InChI=1S/C18H22N2O3S/c1-4-17(14-7-5-13(2)6-8-14)20-18(21)15-9-11-16(12-10-15)24(22,23)19-3/h5-12,17,19H,4H2,1-3H3,(H,20,21). The largest absolute Gasteiger partial charge is 0.345 e. The van der Waals surface area contributed by atoms with E-state index >= 15 is 0 Å². The molecular formula is C18H22N2O3S. The highest BCUT2D eigenvalue weighted by molar-refractivity contribution is 7.89. The van der Waals surface area contributed by atoms with Crippen LogP contribution in [0.25, 0.3) is 0 Å². The molecular weight excluding hydrogens is 324 g/mol. The summed E-state index contributed by atoms with van der Waals surface area (Å²) in [5.41, 5.74) is 2.64. The van der Waals surface area contributed by atoms with Crippen molar-refractivity contribution in [2.24, 2.45) is 0 Å². The Labute approximate surface area is 143 Å². The molecule has 1 unspecified atom stereocenters. The maximum absolute atomic E-state index is 12.4. The molecule has 24 heavy (non-hydrogen) atoms. The van der Waals surface area contributed by atoms with E-state index in [1.54, 1.807) is 0 Å². The molecule has 0 aliphatic carbocycles. The summed E-state index contributed by atoms with van der Waals surface area (Å²) in [5.74, 6) is -0.226. The van der Waals surface area contributed by atoms with Crippen molar-refractivity contribution < 1.29 is 13.2 Å². The highest BCUT2D eigenvalue weighted by Gasteiger charge is 2.16. The maximum atomic E-state index is 12.4. The number of aryl methyl sites for hydroxylation is 1. The molecule has 0 spiro atoms. The number of nitrogens with one attached hydrogen (secondary N) is 2. The van der Waals surface area contributed by atoms with Gasteiger partial charge in [0.05, 0.1) is 10.9 Å². The Hall–Kier alpha value is -2.18. The second-order valence-corrected chi connectivity index (χ2v) is 7.46. The molecule has 0 aliphatic heterocycles. The van der Waals surface area contributed by atoms with Crippen LogP contribution in [0.3, 0.4) is 0 Å². The first kappa shape index (κ1) is 18.2. The van der Waals surface area contributed by atoms with E-state index in [0.29, 0.717) is 5.56 Å². The fourth-order valence-electron chi connectivity index (χ4n) is 2.36. The maximum Gasteiger partial charge on any atom is 0.251 e. The lowest BCUT2D eigenvalue weighted by Gasteiger charge is -2.18. The van der Waals surface area contributed by atoms with Crippen LogP contribution < -0.4 is 10.0 Å². The molecule has 0 radical (unpaired) electrons. The summed E-state index contributed by atoms with van der Waals surface area (Å²) in [6, 6.07) is 13.8. The lowest BCUT2D eigenvalue weighted by molar-refractivity contribution is 0.0935. The van der Waals surface area contributed by atoms with Crippen LogP contribution in [0, 0.1) is 6.92 Å². The Morgan fingerprint density at radius 1 is 1.04 bits per heavy atom. The average Bonchev–Trinajstić information content (AvgIpc) is 2.60. The molecule has 1 atom stereocenters. The Balaban J connectivity index is 2.15. The molecule has 5 nitrogen and oxygen atoms in total. The van der Waals surface area contributed by atoms with Crippen molar-refractivity contribution in [3.8, 4) is 0 Å². The second kappa shape index (κ2) is 7.59. The number of benzene rings is 2. The van der Waals surface area contributed by atoms with Crippen LogP contribution in [0.5, 0.6) is 0 Å². The van der Waals surface area contributed by atoms with Gasteiger partial charge in [-0.2, -0.15) is 0 Å². The lowest BCUT2D eigenvalue weighted by atomic mass is 10.0. The van der Waals surface area contributed by atoms with Gasteiger partial charge in [0, 0.05) is 5.56 Å². The van der Waals surface area contributed by atoms with E-state index in [1.807, 2.05) is 38.1 Å². The zero-order valence-corrected chi connectivity index (χ0v) is 14.9. The molecule has 2 aromatic carbocycles. The van der Waals surface area contributed by atoms with Gasteiger partial charge in [-0.1, -0.05) is 36.8 Å². The van der Waals surface area contributed by atoms with Crippen LogP contribution in [0.4, 0.5) is 0 Å². The molecule has 2 N–H and O–H groups in total. The molecule has 0 saturated heterocycles. The Morgan fingerprint density at radius 3 is 2.12 bits per heavy atom. The summed E-state index contributed by atoms with van der Waals surface area (Å²) < 4.78 is 25.7. The highest BCUT2D eigenvalue weighted by atomic mass is 32.2. The van der Waals surface area contributed by atoms with Crippen molar-refractivity contribution in [3.63, 3.8) is 0 Å². The van der Waals surface area contributed by atoms with E-state index in [-0.39, 0.29) is 16.8 Å². The number of carbonyl (C=O) groups is 1. The van der Waals surface area contributed by atoms with Crippen molar-refractivity contribution in [1.29, 1.82) is 0 Å². The number of carbonyl (C=O) groups excluding carboxylic acids is 1. The molecule has 0 saturated carbocycles. The second-order valence-electron chi connectivity index (χ2n) is 5.58. The van der Waals surface area contributed by atoms with Crippen molar-refractivity contribution in [2.75, 3.05) is 7.05 Å². The van der Waals surface area contributed by atoms with Gasteiger partial charge in [-0.3, -0.25) is 4.79 Å². The minimum absolute atomic E-state index is 0.0844. The zero-order chi connectivity index (χ0) is 17.7. The Bertz CT molecular complexity index is 797. The van der Waals surface area contributed by atoms with E-state index in [1.165, 1.54) is 36.9 Å². The molecule has 2 aromatic rings. The molecule has 0 aromatic heterocycles. The van der Waals surface area contributed by atoms with Gasteiger partial charge in [0.25, 0.3) is 5.91 Å². The lowest BCUT2D eigenvalue weighted by Crippen LogP contribution is -2.28. The van der Waals surface area contributed by atoms with Gasteiger partial charge in [-0.25, -0.2) is 13.1 Å². The van der Waals surface area contributed by atoms with Gasteiger partial charge in [-0.05, 0) is 50.2 Å². The quantitative estimate of drug-likeness (QED) is 0.844. The third kappa shape index (κ3) is 4.21. The first-order chi connectivity index (χ1) is 11.4. The first-order valence-electron chi connectivity index (χ1n) is 7.78. The normalized spacial score (nSPS) is 12.6. The molecule has 1 amide bonds. The Morgan fingerprint density at radius 2 is 1.62 bits per heavy atom. The third-order valence-electron chi connectivity index (χ3n) is 3.89. The molecule has 2 rings (SSSR count). The van der Waals surface area contributed by atoms with Crippen molar-refractivity contribution in [3.05, 3.63) is 65.2 Å². The summed E-state index contributed by atoms with van der Waals surface area (Å²) in [6.07, 6.45) is 0.765. The molecule has 0 heterocycles. The van der Waals surface area contributed by atoms with Crippen molar-refractivity contribution in [2.45, 2.75) is 31.2 Å². The third-order valence-corrected chi connectivity index (χ3v) is 5.32. The Kier molecular flexibility index (Phi) is 5.75. The molecule has 0 aliphatic rings. The summed E-state index contributed by atoms with van der Waals surface area (Å²) in [4.78, 5) is 12.5. The number of sulfonamides is 1. The minimum Gasteiger partial charge on any atom is -0.345 e. The molecule has 0 fully saturated rings. The van der Waals surface area contributed by atoms with E-state index in [9.17, 15) is 13.2 Å². The predicted molar refractivity (Wildman–Crippen MR) is 94.4 cm³/mol. The van der Waals surface area contributed by atoms with Crippen LogP contribution in [0.1, 0.15) is 40.9 Å². The van der Waals surface area contributed by atoms with Crippen molar-refractivity contribution in [1.82, 2.24) is 10.0 Å². The molecule has 6 heteroatoms. The van der Waals surface area contributed by atoms with Gasteiger partial charge in [0.15, 0.2) is 0 Å². The number of amides is 1. The van der Waals surface area contributed by atoms with Crippen molar-refractivity contribution >= 4 is 15.9 Å². The topological polar surface area (TPSA) is 75.3 Å². The van der Waals surface area contributed by atoms with E-state index in [0.717, 1.165) is 12.0 Å². The summed E-state index contributed by atoms with van der Waals surface area (Å²) in [5, 5.41) is 2.99. The summed E-state index contributed by atoms with van der Waals surface area (Å²) >= 11 is 0. The summed E-state index contributed by atoms with van der Waals surface area (Å²) in [7, 11) is -2.15. The van der Waals surface area contributed by atoms with Gasteiger partial charge in [0.2, 0.25) is 10.0 Å². The number of rotatable bonds is 6. The fourth-order valence-corrected chi connectivity index (χ4v) is 3.09. The number of hydrogen-bond donors (Lipinski definition) is 2. The number of hydrogen-bond acceptors (Lipinski definition) is 3. The smallest absolute Gasteiger partial charge is 0.251 e. The summed E-state index contributed by atoms with van der Waals surface area (Å²) in [6.45, 7) is 4.03. The molecule has 128 valence electrons. The zero-order valence-electron chi connectivity index (χ0n) is 14.0. The minimum atomic E-state index is -3.50. The van der Waals surface area contributed by atoms with Crippen LogP contribution in [0.15, 0.2) is 53.4 Å². The molecule has 0 bridgehead atoms. The average molecular weight is 346 g/mol. The monoisotopic (exact) mass is 346 g/mol. The van der Waals surface area contributed by atoms with Gasteiger partial charge >= 0.3 is 0 Å². The highest BCUT2D eigenvalue weighted by Crippen LogP contribution is 2.18. The predicted octanol–water partition coefficient (Wildman–Crippen LogP) is 2.78. The van der Waals surface area contributed by atoms with Crippen LogP contribution >= 0.6 is 0 Å². The van der Waals surface area contributed by atoms with Gasteiger partial charge < -0.3 is 5.32 Å². The van der Waals surface area contributed by atoms with E-state index in [2.05, 4.69) is 10.0 Å². The SMILES string of the molecule is CCC(NC(=O)c1ccc(S(=O)(=O)NC)cc1)c1ccc(C)cc1. The van der Waals surface area contributed by atoms with Crippen LogP contribution in [-0.2, 0) is 10.0 Å². The fraction of sp³-hybridized carbons (Fsp3) is 0.278. The van der Waals surface area contributed by atoms with E-state index in [4.69, 9.17) is 0 Å². The first-order valence-corrected chi connectivity index (χ1v) is 9.26. The van der Waals surface area contributed by atoms with Gasteiger partial charge in [-0.15, -0.1) is 0 Å². The van der Waals surface area contributed by atoms with E-state index < -0.39 is 10.0 Å². The van der Waals surface area contributed by atoms with Gasteiger partial charge in [0.1, 0.15) is 0 Å².